The predicted octanol–water partition coefficient (Wildman–Crippen LogP) is 2.05. The summed E-state index contributed by atoms with van der Waals surface area (Å²) in [5.74, 6) is -1.30. The molecule has 0 saturated heterocycles. The molecule has 1 aromatic rings. The number of phenols is 1. The van der Waals surface area contributed by atoms with Crippen molar-refractivity contribution in [1.29, 1.82) is 0 Å². The van der Waals surface area contributed by atoms with Gasteiger partial charge in [0.25, 0.3) is 5.91 Å². The highest BCUT2D eigenvalue weighted by Gasteiger charge is 2.10. The minimum atomic E-state index is -0.565. The number of nitrogens with one attached hydrogen (secondary N) is 1. The van der Waals surface area contributed by atoms with E-state index in [1.54, 1.807) is 0 Å². The van der Waals surface area contributed by atoms with E-state index in [1.165, 1.54) is 6.07 Å². The fraction of sp³-hybridized carbons (Fsp3) is 0.300. The lowest BCUT2D eigenvalue weighted by Gasteiger charge is -2.05. The quantitative estimate of drug-likeness (QED) is 0.653. The van der Waals surface area contributed by atoms with Gasteiger partial charge >= 0.3 is 0 Å². The number of phenolic OH excluding ortho intramolecular Hbond substituents is 1. The van der Waals surface area contributed by atoms with Gasteiger partial charge in [0.1, 0.15) is 11.6 Å². The van der Waals surface area contributed by atoms with Gasteiger partial charge in [0.05, 0.1) is 5.56 Å². The summed E-state index contributed by atoms with van der Waals surface area (Å²) in [5.41, 5.74) is 0.0889. The van der Waals surface area contributed by atoms with Gasteiger partial charge < -0.3 is 10.4 Å². The maximum atomic E-state index is 12.6. The Morgan fingerprint density at radius 1 is 1.53 bits per heavy atom. The highest BCUT2D eigenvalue weighted by molar-refractivity contribution is 9.09. The normalized spacial score (nSPS) is 10.0. The van der Waals surface area contributed by atoms with Gasteiger partial charge in [-0.05, 0) is 18.6 Å². The van der Waals surface area contributed by atoms with Crippen LogP contribution >= 0.6 is 15.9 Å². The van der Waals surface area contributed by atoms with E-state index in [-0.39, 0.29) is 11.3 Å². The van der Waals surface area contributed by atoms with E-state index >= 15 is 0 Å². The Balaban J connectivity index is 2.65. The Labute approximate surface area is 95.4 Å². The fourth-order valence-corrected chi connectivity index (χ4v) is 1.34. The highest BCUT2D eigenvalue weighted by atomic mass is 79.9. The first-order valence-corrected chi connectivity index (χ1v) is 5.60. The van der Waals surface area contributed by atoms with Crippen molar-refractivity contribution in [1.82, 2.24) is 5.32 Å². The fourth-order valence-electron chi connectivity index (χ4n) is 1.06. The Kier molecular flexibility index (Phi) is 4.55. The van der Waals surface area contributed by atoms with Crippen LogP contribution in [-0.2, 0) is 0 Å². The smallest absolute Gasteiger partial charge is 0.255 e. The number of benzene rings is 1. The average Bonchev–Trinajstić information content (AvgIpc) is 2.17. The third-order valence-electron chi connectivity index (χ3n) is 1.80. The summed E-state index contributed by atoms with van der Waals surface area (Å²) in [4.78, 5) is 11.4. The SMILES string of the molecule is O=C(NCCCBr)c1ccc(F)cc1O. The molecule has 0 bridgehead atoms. The van der Waals surface area contributed by atoms with Gasteiger partial charge in [-0.25, -0.2) is 4.39 Å². The van der Waals surface area contributed by atoms with Crippen LogP contribution in [0.4, 0.5) is 4.39 Å². The maximum absolute atomic E-state index is 12.6. The van der Waals surface area contributed by atoms with E-state index in [0.717, 1.165) is 23.9 Å². The van der Waals surface area contributed by atoms with Crippen molar-refractivity contribution in [2.45, 2.75) is 6.42 Å². The van der Waals surface area contributed by atoms with Crippen molar-refractivity contribution in [2.75, 3.05) is 11.9 Å². The van der Waals surface area contributed by atoms with Gasteiger partial charge in [-0.3, -0.25) is 4.79 Å². The summed E-state index contributed by atoms with van der Waals surface area (Å²) in [7, 11) is 0. The summed E-state index contributed by atoms with van der Waals surface area (Å²) in [6, 6.07) is 3.31. The molecule has 1 amide bonds. The van der Waals surface area contributed by atoms with Crippen LogP contribution in [0.25, 0.3) is 0 Å². The number of rotatable bonds is 4. The number of hydrogen-bond acceptors (Lipinski definition) is 2. The number of halogens is 2. The van der Waals surface area contributed by atoms with Gasteiger partial charge in [-0.1, -0.05) is 15.9 Å². The molecule has 0 radical (unpaired) electrons. The second kappa shape index (κ2) is 5.70. The summed E-state index contributed by atoms with van der Waals surface area (Å²) < 4.78 is 12.6. The molecule has 1 aromatic carbocycles. The van der Waals surface area contributed by atoms with Gasteiger partial charge in [0, 0.05) is 17.9 Å². The Bertz CT molecular complexity index is 357. The summed E-state index contributed by atoms with van der Waals surface area (Å²) in [6.07, 6.45) is 0.799. The third-order valence-corrected chi connectivity index (χ3v) is 2.36. The van der Waals surface area contributed by atoms with E-state index in [2.05, 4.69) is 21.2 Å². The van der Waals surface area contributed by atoms with Gasteiger partial charge in [0.2, 0.25) is 0 Å². The Morgan fingerprint density at radius 2 is 2.27 bits per heavy atom. The molecule has 0 aliphatic carbocycles. The number of amides is 1. The van der Waals surface area contributed by atoms with E-state index in [0.29, 0.717) is 6.54 Å². The second-order valence-electron chi connectivity index (χ2n) is 2.96. The molecule has 0 fully saturated rings. The molecule has 15 heavy (non-hydrogen) atoms. The molecule has 0 spiro atoms. The number of carbonyl (C=O) groups is 1. The van der Waals surface area contributed by atoms with Crippen molar-refractivity contribution in [2.24, 2.45) is 0 Å². The largest absolute Gasteiger partial charge is 0.507 e. The summed E-state index contributed by atoms with van der Waals surface area (Å²) >= 11 is 3.23. The molecular formula is C10H11BrFNO2. The minimum absolute atomic E-state index is 0.0889. The number of aromatic hydroxyl groups is 1. The molecule has 0 heterocycles. The van der Waals surface area contributed by atoms with Crippen molar-refractivity contribution in [3.05, 3.63) is 29.6 Å². The molecule has 3 nitrogen and oxygen atoms in total. The first kappa shape index (κ1) is 12.0. The van der Waals surface area contributed by atoms with Gasteiger partial charge in [-0.2, -0.15) is 0 Å². The lowest BCUT2D eigenvalue weighted by molar-refractivity contribution is 0.0951. The van der Waals surface area contributed by atoms with Crippen LogP contribution < -0.4 is 5.32 Å². The number of alkyl halides is 1. The average molecular weight is 276 g/mol. The molecule has 0 saturated carbocycles. The summed E-state index contributed by atoms with van der Waals surface area (Å²) in [5, 5.41) is 12.7. The number of carbonyl (C=O) groups excluding carboxylic acids is 1. The zero-order chi connectivity index (χ0) is 11.3. The van der Waals surface area contributed by atoms with Crippen molar-refractivity contribution >= 4 is 21.8 Å². The van der Waals surface area contributed by atoms with Crippen molar-refractivity contribution in [3.8, 4) is 5.75 Å². The molecule has 5 heteroatoms. The van der Waals surface area contributed by atoms with E-state index in [1.807, 2.05) is 0 Å². The second-order valence-corrected chi connectivity index (χ2v) is 3.75. The van der Waals surface area contributed by atoms with Crippen LogP contribution in [0, 0.1) is 5.82 Å². The van der Waals surface area contributed by atoms with Crippen LogP contribution in [0.1, 0.15) is 16.8 Å². The van der Waals surface area contributed by atoms with E-state index in [4.69, 9.17) is 0 Å². The van der Waals surface area contributed by atoms with Crippen molar-refractivity contribution < 1.29 is 14.3 Å². The van der Waals surface area contributed by atoms with Crippen LogP contribution in [0.3, 0.4) is 0 Å². The van der Waals surface area contributed by atoms with Crippen LogP contribution in [0.2, 0.25) is 0 Å². The molecule has 0 aliphatic rings. The predicted molar refractivity (Wildman–Crippen MR) is 58.8 cm³/mol. The zero-order valence-corrected chi connectivity index (χ0v) is 9.55. The third kappa shape index (κ3) is 3.51. The minimum Gasteiger partial charge on any atom is -0.507 e. The maximum Gasteiger partial charge on any atom is 0.255 e. The molecule has 2 N–H and O–H groups in total. The van der Waals surface area contributed by atoms with Crippen LogP contribution in [0.15, 0.2) is 18.2 Å². The Morgan fingerprint density at radius 3 is 2.87 bits per heavy atom. The standard InChI is InChI=1S/C10H11BrFNO2/c11-4-1-5-13-10(15)8-3-2-7(12)6-9(8)14/h2-3,6,14H,1,4-5H2,(H,13,15). The van der Waals surface area contributed by atoms with Crippen LogP contribution in [0.5, 0.6) is 5.75 Å². The molecule has 0 aliphatic heterocycles. The van der Waals surface area contributed by atoms with Crippen LogP contribution in [-0.4, -0.2) is 22.9 Å². The van der Waals surface area contributed by atoms with Gasteiger partial charge in [-0.15, -0.1) is 0 Å². The zero-order valence-electron chi connectivity index (χ0n) is 7.96. The summed E-state index contributed by atoms with van der Waals surface area (Å²) in [6.45, 7) is 0.515. The topological polar surface area (TPSA) is 49.3 Å². The molecular weight excluding hydrogens is 265 g/mol. The number of hydrogen-bond donors (Lipinski definition) is 2. The lowest BCUT2D eigenvalue weighted by atomic mass is 10.2. The van der Waals surface area contributed by atoms with E-state index < -0.39 is 11.7 Å². The van der Waals surface area contributed by atoms with Gasteiger partial charge in [0.15, 0.2) is 0 Å². The molecule has 0 aromatic heterocycles. The molecule has 0 unspecified atom stereocenters. The first-order valence-electron chi connectivity index (χ1n) is 4.48. The first-order chi connectivity index (χ1) is 7.15. The van der Waals surface area contributed by atoms with E-state index in [9.17, 15) is 14.3 Å². The molecule has 1 rings (SSSR count). The van der Waals surface area contributed by atoms with Crippen molar-refractivity contribution in [3.63, 3.8) is 0 Å². The molecule has 82 valence electrons. The lowest BCUT2D eigenvalue weighted by Crippen LogP contribution is -2.24. The molecule has 0 atom stereocenters. The monoisotopic (exact) mass is 275 g/mol. The Hall–Kier alpha value is -1.10. The highest BCUT2D eigenvalue weighted by Crippen LogP contribution is 2.17.